The molecular weight excluding hydrogens is 202 g/mol. The monoisotopic (exact) mass is 229 g/mol. The van der Waals surface area contributed by atoms with Crippen LogP contribution < -0.4 is 11.3 Å². The maximum absolute atomic E-state index is 10.8. The molecular formula is C12H27N3O. The Balaban J connectivity index is 3.21. The summed E-state index contributed by atoms with van der Waals surface area (Å²) in [6, 6.07) is 0. The van der Waals surface area contributed by atoms with Crippen LogP contribution in [0.3, 0.4) is 0 Å². The van der Waals surface area contributed by atoms with E-state index in [0.29, 0.717) is 6.42 Å². The molecule has 0 saturated heterocycles. The topological polar surface area (TPSA) is 58.4 Å². The summed E-state index contributed by atoms with van der Waals surface area (Å²) in [7, 11) is 2.17. The molecule has 0 atom stereocenters. The number of hydrazine groups is 1. The van der Waals surface area contributed by atoms with E-state index in [1.54, 1.807) is 0 Å². The van der Waals surface area contributed by atoms with E-state index >= 15 is 0 Å². The molecule has 0 aliphatic rings. The molecule has 0 bridgehead atoms. The zero-order valence-electron chi connectivity index (χ0n) is 10.8. The molecule has 16 heavy (non-hydrogen) atoms. The molecule has 4 nitrogen and oxygen atoms in total. The van der Waals surface area contributed by atoms with E-state index < -0.39 is 0 Å². The van der Waals surface area contributed by atoms with Gasteiger partial charge >= 0.3 is 0 Å². The zero-order valence-corrected chi connectivity index (χ0v) is 10.8. The highest BCUT2D eigenvalue weighted by molar-refractivity contribution is 5.74. The predicted octanol–water partition coefficient (Wildman–Crippen LogP) is 1.66. The molecule has 0 radical (unpaired) electrons. The Labute approximate surface area is 99.5 Å². The number of amides is 1. The van der Waals surface area contributed by atoms with E-state index in [1.807, 2.05) is 0 Å². The largest absolute Gasteiger partial charge is 0.306 e. The van der Waals surface area contributed by atoms with E-state index in [9.17, 15) is 4.79 Å². The average molecular weight is 229 g/mol. The number of nitrogens with zero attached hydrogens (tertiary/aromatic N) is 1. The number of carbonyl (C=O) groups excluding carboxylic acids is 1. The van der Waals surface area contributed by atoms with Gasteiger partial charge in [0.1, 0.15) is 0 Å². The summed E-state index contributed by atoms with van der Waals surface area (Å²) in [4.78, 5) is 13.2. The molecule has 0 aliphatic carbocycles. The standard InChI is InChI=1S/C12H27N3O/c1-3-4-7-10-15(2)11-8-5-6-9-12(16)14-13/h3-11,13H2,1-2H3,(H,14,16). The van der Waals surface area contributed by atoms with Gasteiger partial charge in [-0.1, -0.05) is 26.2 Å². The molecule has 0 aromatic carbocycles. The third-order valence-electron chi connectivity index (χ3n) is 2.75. The summed E-state index contributed by atoms with van der Waals surface area (Å²) in [6.07, 6.45) is 7.65. The quantitative estimate of drug-likeness (QED) is 0.259. The van der Waals surface area contributed by atoms with Gasteiger partial charge in [0, 0.05) is 6.42 Å². The number of nitrogens with two attached hydrogens (primary N) is 1. The molecule has 0 aromatic heterocycles. The molecule has 0 fully saturated rings. The van der Waals surface area contributed by atoms with Gasteiger partial charge < -0.3 is 4.90 Å². The Hall–Kier alpha value is -0.610. The number of hydrogen-bond donors (Lipinski definition) is 2. The number of hydrogen-bond acceptors (Lipinski definition) is 3. The van der Waals surface area contributed by atoms with Gasteiger partial charge in [-0.15, -0.1) is 0 Å². The summed E-state index contributed by atoms with van der Waals surface area (Å²) in [5, 5.41) is 0. The van der Waals surface area contributed by atoms with Crippen molar-refractivity contribution in [3.63, 3.8) is 0 Å². The molecule has 0 saturated carbocycles. The first kappa shape index (κ1) is 15.4. The number of rotatable bonds is 10. The van der Waals surface area contributed by atoms with Crippen LogP contribution in [0.15, 0.2) is 0 Å². The molecule has 0 aromatic rings. The van der Waals surface area contributed by atoms with E-state index in [-0.39, 0.29) is 5.91 Å². The lowest BCUT2D eigenvalue weighted by molar-refractivity contribution is -0.121. The van der Waals surface area contributed by atoms with Crippen LogP contribution in [0.25, 0.3) is 0 Å². The van der Waals surface area contributed by atoms with E-state index in [4.69, 9.17) is 5.84 Å². The van der Waals surface area contributed by atoms with Crippen molar-refractivity contribution in [2.45, 2.75) is 51.9 Å². The van der Waals surface area contributed by atoms with Crippen LogP contribution in [0, 0.1) is 0 Å². The van der Waals surface area contributed by atoms with Crippen molar-refractivity contribution in [3.05, 3.63) is 0 Å². The highest BCUT2D eigenvalue weighted by atomic mass is 16.2. The van der Waals surface area contributed by atoms with Crippen LogP contribution >= 0.6 is 0 Å². The van der Waals surface area contributed by atoms with Gasteiger partial charge in [0.2, 0.25) is 5.91 Å². The summed E-state index contributed by atoms with van der Waals surface area (Å²) in [6.45, 7) is 4.55. The van der Waals surface area contributed by atoms with Gasteiger partial charge in [0.25, 0.3) is 0 Å². The van der Waals surface area contributed by atoms with Crippen molar-refractivity contribution in [2.75, 3.05) is 20.1 Å². The lowest BCUT2D eigenvalue weighted by Crippen LogP contribution is -2.29. The number of carbonyl (C=O) groups is 1. The lowest BCUT2D eigenvalue weighted by atomic mass is 10.2. The highest BCUT2D eigenvalue weighted by Crippen LogP contribution is 2.02. The Bertz CT molecular complexity index is 174. The maximum Gasteiger partial charge on any atom is 0.233 e. The number of unbranched alkanes of at least 4 members (excludes halogenated alkanes) is 4. The number of nitrogens with one attached hydrogen (secondary N) is 1. The second-order valence-corrected chi connectivity index (χ2v) is 4.39. The first-order valence-electron chi connectivity index (χ1n) is 6.38. The van der Waals surface area contributed by atoms with Gasteiger partial charge in [-0.05, 0) is 39.4 Å². The molecule has 0 spiro atoms. The Morgan fingerprint density at radius 3 is 2.31 bits per heavy atom. The fourth-order valence-corrected chi connectivity index (χ4v) is 1.66. The predicted molar refractivity (Wildman–Crippen MR) is 67.8 cm³/mol. The second-order valence-electron chi connectivity index (χ2n) is 4.39. The van der Waals surface area contributed by atoms with Crippen molar-refractivity contribution in [3.8, 4) is 0 Å². The van der Waals surface area contributed by atoms with Crippen molar-refractivity contribution in [2.24, 2.45) is 5.84 Å². The average Bonchev–Trinajstić information content (AvgIpc) is 2.28. The minimum absolute atomic E-state index is 0.0590. The summed E-state index contributed by atoms with van der Waals surface area (Å²) in [5.41, 5.74) is 2.15. The fourth-order valence-electron chi connectivity index (χ4n) is 1.66. The summed E-state index contributed by atoms with van der Waals surface area (Å²) < 4.78 is 0. The highest BCUT2D eigenvalue weighted by Gasteiger charge is 2.00. The minimum atomic E-state index is -0.0590. The van der Waals surface area contributed by atoms with Gasteiger partial charge in [0.05, 0.1) is 0 Å². The maximum atomic E-state index is 10.8. The summed E-state index contributed by atoms with van der Waals surface area (Å²) in [5.74, 6) is 4.94. The van der Waals surface area contributed by atoms with Crippen LogP contribution in [-0.2, 0) is 4.79 Å². The van der Waals surface area contributed by atoms with Crippen LogP contribution in [0.1, 0.15) is 51.9 Å². The molecule has 96 valence electrons. The molecule has 0 heterocycles. The smallest absolute Gasteiger partial charge is 0.233 e. The SMILES string of the molecule is CCCCCN(C)CCCCCC(=O)NN. The summed E-state index contributed by atoms with van der Waals surface area (Å²) >= 11 is 0. The molecule has 1 amide bonds. The van der Waals surface area contributed by atoms with Crippen molar-refractivity contribution < 1.29 is 4.79 Å². The zero-order chi connectivity index (χ0) is 12.2. The van der Waals surface area contributed by atoms with Crippen LogP contribution in [0.4, 0.5) is 0 Å². The van der Waals surface area contributed by atoms with Gasteiger partial charge in [-0.2, -0.15) is 0 Å². The normalized spacial score (nSPS) is 10.8. The van der Waals surface area contributed by atoms with Gasteiger partial charge in [0.15, 0.2) is 0 Å². The van der Waals surface area contributed by atoms with Gasteiger partial charge in [-0.25, -0.2) is 5.84 Å². The molecule has 3 N–H and O–H groups in total. The van der Waals surface area contributed by atoms with E-state index in [1.165, 1.54) is 32.2 Å². The third kappa shape index (κ3) is 9.93. The van der Waals surface area contributed by atoms with Crippen LogP contribution in [0.2, 0.25) is 0 Å². The molecule has 0 rings (SSSR count). The Morgan fingerprint density at radius 2 is 1.75 bits per heavy atom. The molecule has 0 unspecified atom stereocenters. The first-order valence-corrected chi connectivity index (χ1v) is 6.38. The van der Waals surface area contributed by atoms with Gasteiger partial charge in [-0.3, -0.25) is 10.2 Å². The van der Waals surface area contributed by atoms with E-state index in [0.717, 1.165) is 19.4 Å². The van der Waals surface area contributed by atoms with Crippen molar-refractivity contribution in [1.82, 2.24) is 10.3 Å². The fraction of sp³-hybridized carbons (Fsp3) is 0.917. The Kier molecular flexibility index (Phi) is 10.5. The van der Waals surface area contributed by atoms with Crippen molar-refractivity contribution in [1.29, 1.82) is 0 Å². The molecule has 4 heteroatoms. The van der Waals surface area contributed by atoms with Crippen LogP contribution in [-0.4, -0.2) is 30.9 Å². The van der Waals surface area contributed by atoms with Crippen molar-refractivity contribution >= 4 is 5.91 Å². The minimum Gasteiger partial charge on any atom is -0.306 e. The second kappa shape index (κ2) is 10.9. The first-order chi connectivity index (χ1) is 7.70. The van der Waals surface area contributed by atoms with E-state index in [2.05, 4.69) is 24.3 Å². The third-order valence-corrected chi connectivity index (χ3v) is 2.75. The lowest BCUT2D eigenvalue weighted by Gasteiger charge is -2.15. The Morgan fingerprint density at radius 1 is 1.12 bits per heavy atom. The van der Waals surface area contributed by atoms with Crippen LogP contribution in [0.5, 0.6) is 0 Å². The molecule has 0 aliphatic heterocycles.